The van der Waals surface area contributed by atoms with Gasteiger partial charge in [-0.1, -0.05) is 58.0 Å². The zero-order valence-electron chi connectivity index (χ0n) is 19.7. The zero-order chi connectivity index (χ0) is 23.1. The lowest BCUT2D eigenvalue weighted by molar-refractivity contribution is -0.141. The lowest BCUT2D eigenvalue weighted by Gasteiger charge is -2.36. The number of aromatic nitrogens is 2. The third-order valence-corrected chi connectivity index (χ3v) is 5.52. The SMILES string of the molecule is CC(C)CC(=O)N(CC(=O)N1CCN(c2ccc(-c3ccccc3)nn2)CC1)CC(C)C. The van der Waals surface area contributed by atoms with Crippen LogP contribution < -0.4 is 4.90 Å². The van der Waals surface area contributed by atoms with Crippen LogP contribution in [0.15, 0.2) is 42.5 Å². The van der Waals surface area contributed by atoms with Crippen LogP contribution in [0.4, 0.5) is 5.82 Å². The molecule has 3 rings (SSSR count). The first-order chi connectivity index (χ1) is 15.3. The van der Waals surface area contributed by atoms with Gasteiger partial charge in [-0.05, 0) is 24.0 Å². The Balaban J connectivity index is 1.55. The van der Waals surface area contributed by atoms with Gasteiger partial charge in [0.2, 0.25) is 11.8 Å². The minimum absolute atomic E-state index is 0.0212. The summed E-state index contributed by atoms with van der Waals surface area (Å²) in [6, 6.07) is 14.0. The molecule has 0 spiro atoms. The van der Waals surface area contributed by atoms with Gasteiger partial charge in [0.15, 0.2) is 5.82 Å². The van der Waals surface area contributed by atoms with Crippen LogP contribution in [0.1, 0.15) is 34.1 Å². The van der Waals surface area contributed by atoms with E-state index in [9.17, 15) is 9.59 Å². The molecule has 32 heavy (non-hydrogen) atoms. The lowest BCUT2D eigenvalue weighted by atomic mass is 10.1. The van der Waals surface area contributed by atoms with E-state index < -0.39 is 0 Å². The van der Waals surface area contributed by atoms with Crippen LogP contribution in [0.5, 0.6) is 0 Å². The standard InChI is InChI=1S/C25H35N5O2/c1-19(2)16-24(31)30(17-20(3)4)18-25(32)29-14-12-28(13-15-29)23-11-10-22(26-27-23)21-8-6-5-7-9-21/h5-11,19-20H,12-18H2,1-4H3. The van der Waals surface area contributed by atoms with Crippen LogP contribution in [-0.4, -0.2) is 71.1 Å². The minimum atomic E-state index is 0.0212. The van der Waals surface area contributed by atoms with Crippen LogP contribution in [-0.2, 0) is 9.59 Å². The van der Waals surface area contributed by atoms with Gasteiger partial charge in [0.1, 0.15) is 0 Å². The molecule has 0 atom stereocenters. The van der Waals surface area contributed by atoms with Gasteiger partial charge in [-0.3, -0.25) is 9.59 Å². The molecule has 2 aromatic rings. The van der Waals surface area contributed by atoms with Crippen molar-refractivity contribution in [2.75, 3.05) is 44.2 Å². The summed E-state index contributed by atoms with van der Waals surface area (Å²) in [5.74, 6) is 1.52. The maximum Gasteiger partial charge on any atom is 0.242 e. The highest BCUT2D eigenvalue weighted by Crippen LogP contribution is 2.19. The zero-order valence-corrected chi connectivity index (χ0v) is 19.7. The Bertz CT molecular complexity index is 875. The van der Waals surface area contributed by atoms with Crippen LogP contribution >= 0.6 is 0 Å². The van der Waals surface area contributed by atoms with E-state index in [2.05, 4.69) is 28.9 Å². The Hall–Kier alpha value is -2.96. The van der Waals surface area contributed by atoms with Crippen LogP contribution in [0.25, 0.3) is 11.3 Å². The van der Waals surface area contributed by atoms with Crippen molar-refractivity contribution >= 4 is 17.6 Å². The third kappa shape index (κ3) is 6.52. The molecule has 1 fully saturated rings. The van der Waals surface area contributed by atoms with Crippen molar-refractivity contribution in [1.29, 1.82) is 0 Å². The molecular weight excluding hydrogens is 402 g/mol. The number of rotatable bonds is 8. The fourth-order valence-corrected chi connectivity index (χ4v) is 3.88. The van der Waals surface area contributed by atoms with Crippen molar-refractivity contribution < 1.29 is 9.59 Å². The van der Waals surface area contributed by atoms with E-state index in [0.29, 0.717) is 45.1 Å². The summed E-state index contributed by atoms with van der Waals surface area (Å²) in [4.78, 5) is 31.3. The summed E-state index contributed by atoms with van der Waals surface area (Å²) in [5, 5.41) is 8.77. The molecule has 1 aliphatic heterocycles. The minimum Gasteiger partial charge on any atom is -0.352 e. The Morgan fingerprint density at radius 2 is 1.59 bits per heavy atom. The van der Waals surface area contributed by atoms with Gasteiger partial charge >= 0.3 is 0 Å². The van der Waals surface area contributed by atoms with E-state index in [1.54, 1.807) is 4.90 Å². The molecule has 1 aromatic heterocycles. The fraction of sp³-hybridized carbons (Fsp3) is 0.520. The summed E-state index contributed by atoms with van der Waals surface area (Å²) in [5.41, 5.74) is 1.89. The number of benzene rings is 1. The molecule has 1 aromatic carbocycles. The Kier molecular flexibility index (Phi) is 8.20. The average Bonchev–Trinajstić information content (AvgIpc) is 2.78. The second-order valence-electron chi connectivity index (χ2n) is 9.28. The van der Waals surface area contributed by atoms with E-state index >= 15 is 0 Å². The normalized spacial score (nSPS) is 14.2. The predicted molar refractivity (Wildman–Crippen MR) is 127 cm³/mol. The average molecular weight is 438 g/mol. The Labute approximate surface area is 191 Å². The van der Waals surface area contributed by atoms with Crippen LogP contribution in [0.3, 0.4) is 0 Å². The number of carbonyl (C=O) groups is 2. The van der Waals surface area contributed by atoms with Crippen molar-refractivity contribution in [2.45, 2.75) is 34.1 Å². The molecule has 1 aliphatic rings. The fourth-order valence-electron chi connectivity index (χ4n) is 3.88. The van der Waals surface area contributed by atoms with Crippen LogP contribution in [0, 0.1) is 11.8 Å². The third-order valence-electron chi connectivity index (χ3n) is 5.52. The molecule has 2 amide bonds. The molecule has 0 N–H and O–H groups in total. The number of amides is 2. The van der Waals surface area contributed by atoms with E-state index in [1.807, 2.05) is 61.2 Å². The predicted octanol–water partition coefficient (Wildman–Crippen LogP) is 3.32. The van der Waals surface area contributed by atoms with Crippen molar-refractivity contribution in [3.05, 3.63) is 42.5 Å². The lowest BCUT2D eigenvalue weighted by Crippen LogP contribution is -2.52. The molecule has 0 bridgehead atoms. The highest BCUT2D eigenvalue weighted by molar-refractivity contribution is 5.85. The molecule has 0 unspecified atom stereocenters. The van der Waals surface area contributed by atoms with Gasteiger partial charge in [0.25, 0.3) is 0 Å². The molecule has 0 aliphatic carbocycles. The Morgan fingerprint density at radius 1 is 0.906 bits per heavy atom. The molecule has 172 valence electrons. The first kappa shape index (κ1) is 23.7. The molecule has 7 heteroatoms. The molecule has 0 radical (unpaired) electrons. The number of carbonyl (C=O) groups excluding carboxylic acids is 2. The quantitative estimate of drug-likeness (QED) is 0.634. The monoisotopic (exact) mass is 437 g/mol. The summed E-state index contributed by atoms with van der Waals surface area (Å²) in [7, 11) is 0. The Morgan fingerprint density at radius 3 is 2.16 bits per heavy atom. The largest absolute Gasteiger partial charge is 0.352 e. The topological polar surface area (TPSA) is 69.6 Å². The van der Waals surface area contributed by atoms with Gasteiger partial charge < -0.3 is 14.7 Å². The summed E-state index contributed by atoms with van der Waals surface area (Å²) in [6.45, 7) is 11.6. The van der Waals surface area contributed by atoms with E-state index in [4.69, 9.17) is 0 Å². The van der Waals surface area contributed by atoms with E-state index in [0.717, 1.165) is 17.1 Å². The molecule has 7 nitrogen and oxygen atoms in total. The number of hydrogen-bond donors (Lipinski definition) is 0. The van der Waals surface area contributed by atoms with E-state index in [1.165, 1.54) is 0 Å². The first-order valence-electron chi connectivity index (χ1n) is 11.5. The van der Waals surface area contributed by atoms with Gasteiger partial charge in [-0.2, -0.15) is 0 Å². The smallest absolute Gasteiger partial charge is 0.242 e. The highest BCUT2D eigenvalue weighted by atomic mass is 16.2. The van der Waals surface area contributed by atoms with Crippen molar-refractivity contribution in [3.63, 3.8) is 0 Å². The number of nitrogens with zero attached hydrogens (tertiary/aromatic N) is 5. The second kappa shape index (κ2) is 11.1. The molecule has 2 heterocycles. The molecule has 1 saturated heterocycles. The summed E-state index contributed by atoms with van der Waals surface area (Å²) in [6.07, 6.45) is 0.478. The van der Waals surface area contributed by atoms with Gasteiger partial charge in [0.05, 0.1) is 12.2 Å². The summed E-state index contributed by atoms with van der Waals surface area (Å²) >= 11 is 0. The number of hydrogen-bond acceptors (Lipinski definition) is 5. The summed E-state index contributed by atoms with van der Waals surface area (Å²) < 4.78 is 0. The molecule has 0 saturated carbocycles. The number of piperazine rings is 1. The van der Waals surface area contributed by atoms with Crippen molar-refractivity contribution in [3.8, 4) is 11.3 Å². The maximum atomic E-state index is 12.9. The van der Waals surface area contributed by atoms with Crippen molar-refractivity contribution in [1.82, 2.24) is 20.0 Å². The number of anilines is 1. The maximum absolute atomic E-state index is 12.9. The van der Waals surface area contributed by atoms with Crippen molar-refractivity contribution in [2.24, 2.45) is 11.8 Å². The van der Waals surface area contributed by atoms with Gasteiger partial charge in [0, 0.05) is 44.7 Å². The highest BCUT2D eigenvalue weighted by Gasteiger charge is 2.26. The van der Waals surface area contributed by atoms with Gasteiger partial charge in [-0.15, -0.1) is 10.2 Å². The second-order valence-corrected chi connectivity index (χ2v) is 9.28. The van der Waals surface area contributed by atoms with Crippen LogP contribution in [0.2, 0.25) is 0 Å². The van der Waals surface area contributed by atoms with E-state index in [-0.39, 0.29) is 24.3 Å². The van der Waals surface area contributed by atoms with Gasteiger partial charge in [-0.25, -0.2) is 0 Å². The first-order valence-corrected chi connectivity index (χ1v) is 11.5. The molecular formula is C25H35N5O2.